The number of aryl methyl sites for hydroxylation is 1. The highest BCUT2D eigenvalue weighted by Gasteiger charge is 2.54. The van der Waals surface area contributed by atoms with E-state index in [4.69, 9.17) is 4.74 Å². The molecule has 7 heteroatoms. The maximum Gasteiger partial charge on any atom is 0.254 e. The maximum absolute atomic E-state index is 13.0. The number of carbonyl (C=O) groups is 1. The SMILES string of the molecule is Cc1cnc(NCCC2CCOC23CN(C(=O)c2ccc(F)cc2)C3)nc1. The molecule has 2 aliphatic heterocycles. The molecule has 1 aromatic carbocycles. The zero-order chi connectivity index (χ0) is 18.9. The number of ether oxygens (including phenoxy) is 1. The predicted octanol–water partition coefficient (Wildman–Crippen LogP) is 2.66. The van der Waals surface area contributed by atoms with Gasteiger partial charge in [-0.3, -0.25) is 4.79 Å². The van der Waals surface area contributed by atoms with E-state index in [1.165, 1.54) is 24.3 Å². The lowest BCUT2D eigenvalue weighted by Gasteiger charge is -2.50. The van der Waals surface area contributed by atoms with E-state index in [0.29, 0.717) is 30.5 Å². The van der Waals surface area contributed by atoms with Crippen molar-refractivity contribution in [3.8, 4) is 0 Å². The number of rotatable bonds is 5. The summed E-state index contributed by atoms with van der Waals surface area (Å²) in [6.45, 7) is 4.64. The number of likely N-dealkylation sites (tertiary alicyclic amines) is 1. The summed E-state index contributed by atoms with van der Waals surface area (Å²) in [6, 6.07) is 5.69. The van der Waals surface area contributed by atoms with Gasteiger partial charge in [-0.15, -0.1) is 0 Å². The highest BCUT2D eigenvalue weighted by atomic mass is 19.1. The molecule has 2 fully saturated rings. The molecule has 1 aromatic heterocycles. The lowest BCUT2D eigenvalue weighted by atomic mass is 9.78. The van der Waals surface area contributed by atoms with Gasteiger partial charge in [0.1, 0.15) is 11.4 Å². The molecule has 142 valence electrons. The molecule has 2 aliphatic rings. The average molecular weight is 370 g/mol. The zero-order valence-electron chi connectivity index (χ0n) is 15.3. The Morgan fingerprint density at radius 2 is 2.00 bits per heavy atom. The second-order valence-electron chi connectivity index (χ2n) is 7.37. The fourth-order valence-electron chi connectivity index (χ4n) is 3.90. The molecular formula is C20H23FN4O2. The predicted molar refractivity (Wildman–Crippen MR) is 99.0 cm³/mol. The number of carbonyl (C=O) groups excluding carboxylic acids is 1. The minimum absolute atomic E-state index is 0.0685. The Morgan fingerprint density at radius 3 is 2.70 bits per heavy atom. The third-order valence-corrected chi connectivity index (χ3v) is 5.45. The molecule has 27 heavy (non-hydrogen) atoms. The van der Waals surface area contributed by atoms with Crippen molar-refractivity contribution in [2.24, 2.45) is 5.92 Å². The van der Waals surface area contributed by atoms with Crippen LogP contribution in [0.5, 0.6) is 0 Å². The van der Waals surface area contributed by atoms with E-state index in [1.807, 2.05) is 6.92 Å². The molecule has 0 aliphatic carbocycles. The van der Waals surface area contributed by atoms with Gasteiger partial charge in [-0.05, 0) is 55.5 Å². The summed E-state index contributed by atoms with van der Waals surface area (Å²) in [6.07, 6.45) is 5.52. The molecule has 1 N–H and O–H groups in total. The summed E-state index contributed by atoms with van der Waals surface area (Å²) in [5.41, 5.74) is 1.30. The molecule has 2 aromatic rings. The Balaban J connectivity index is 1.30. The molecule has 1 amide bonds. The number of amides is 1. The summed E-state index contributed by atoms with van der Waals surface area (Å²) < 4.78 is 19.1. The molecule has 1 spiro atoms. The first-order valence-corrected chi connectivity index (χ1v) is 9.27. The van der Waals surface area contributed by atoms with Gasteiger partial charge in [0, 0.05) is 31.1 Å². The van der Waals surface area contributed by atoms with Gasteiger partial charge in [0.05, 0.1) is 13.1 Å². The van der Waals surface area contributed by atoms with Crippen molar-refractivity contribution >= 4 is 11.9 Å². The number of aromatic nitrogens is 2. The third-order valence-electron chi connectivity index (χ3n) is 5.45. The van der Waals surface area contributed by atoms with Crippen LogP contribution in [0.15, 0.2) is 36.7 Å². The minimum atomic E-state index is -0.337. The van der Waals surface area contributed by atoms with Gasteiger partial charge in [-0.1, -0.05) is 0 Å². The summed E-state index contributed by atoms with van der Waals surface area (Å²) >= 11 is 0. The van der Waals surface area contributed by atoms with E-state index in [9.17, 15) is 9.18 Å². The fourth-order valence-corrected chi connectivity index (χ4v) is 3.90. The van der Waals surface area contributed by atoms with Crippen molar-refractivity contribution in [3.05, 3.63) is 53.6 Å². The van der Waals surface area contributed by atoms with Gasteiger partial charge in [0.2, 0.25) is 5.95 Å². The normalized spacial score (nSPS) is 20.5. The van der Waals surface area contributed by atoms with Gasteiger partial charge in [0.25, 0.3) is 5.91 Å². The fraction of sp³-hybridized carbons (Fsp3) is 0.450. The second kappa shape index (κ2) is 7.23. The Bertz CT molecular complexity index is 804. The van der Waals surface area contributed by atoms with E-state index in [-0.39, 0.29) is 17.3 Å². The number of halogens is 1. The number of anilines is 1. The van der Waals surface area contributed by atoms with Crippen LogP contribution in [0.4, 0.5) is 10.3 Å². The summed E-state index contributed by atoms with van der Waals surface area (Å²) in [5, 5.41) is 3.26. The largest absolute Gasteiger partial charge is 0.371 e. The van der Waals surface area contributed by atoms with Crippen LogP contribution in [0, 0.1) is 18.7 Å². The zero-order valence-corrected chi connectivity index (χ0v) is 15.3. The lowest BCUT2D eigenvalue weighted by molar-refractivity contribution is -0.117. The van der Waals surface area contributed by atoms with Crippen molar-refractivity contribution in [2.45, 2.75) is 25.4 Å². The summed E-state index contributed by atoms with van der Waals surface area (Å²) in [5.74, 6) is 0.625. The van der Waals surface area contributed by atoms with Crippen LogP contribution in [-0.2, 0) is 4.74 Å². The van der Waals surface area contributed by atoms with Crippen LogP contribution < -0.4 is 5.32 Å². The number of hydrogen-bond donors (Lipinski definition) is 1. The van der Waals surface area contributed by atoms with E-state index in [1.54, 1.807) is 17.3 Å². The number of nitrogens with one attached hydrogen (secondary N) is 1. The molecule has 2 saturated heterocycles. The van der Waals surface area contributed by atoms with Gasteiger partial charge < -0.3 is 15.0 Å². The molecule has 1 unspecified atom stereocenters. The van der Waals surface area contributed by atoms with Crippen LogP contribution in [0.3, 0.4) is 0 Å². The molecule has 4 rings (SSSR count). The van der Waals surface area contributed by atoms with Crippen LogP contribution in [0.25, 0.3) is 0 Å². The van der Waals surface area contributed by atoms with Crippen LogP contribution in [-0.4, -0.2) is 52.6 Å². The first kappa shape index (κ1) is 17.9. The molecule has 0 radical (unpaired) electrons. The molecule has 6 nitrogen and oxygen atoms in total. The van der Waals surface area contributed by atoms with E-state index in [0.717, 1.165) is 31.6 Å². The van der Waals surface area contributed by atoms with Gasteiger partial charge in [0.15, 0.2) is 0 Å². The van der Waals surface area contributed by atoms with Crippen molar-refractivity contribution in [1.82, 2.24) is 14.9 Å². The third kappa shape index (κ3) is 3.64. The monoisotopic (exact) mass is 370 g/mol. The van der Waals surface area contributed by atoms with Crippen molar-refractivity contribution < 1.29 is 13.9 Å². The molecule has 3 heterocycles. The number of nitrogens with zero attached hydrogens (tertiary/aromatic N) is 3. The van der Waals surface area contributed by atoms with Gasteiger partial charge >= 0.3 is 0 Å². The van der Waals surface area contributed by atoms with Crippen molar-refractivity contribution in [1.29, 1.82) is 0 Å². The first-order chi connectivity index (χ1) is 13.1. The van der Waals surface area contributed by atoms with Crippen LogP contribution >= 0.6 is 0 Å². The van der Waals surface area contributed by atoms with E-state index >= 15 is 0 Å². The highest BCUT2D eigenvalue weighted by Crippen LogP contribution is 2.42. The first-order valence-electron chi connectivity index (χ1n) is 9.27. The number of benzene rings is 1. The summed E-state index contributed by atoms with van der Waals surface area (Å²) in [4.78, 5) is 22.8. The topological polar surface area (TPSA) is 67.4 Å². The highest BCUT2D eigenvalue weighted by molar-refractivity contribution is 5.94. The van der Waals surface area contributed by atoms with Gasteiger partial charge in [-0.25, -0.2) is 14.4 Å². The Hall–Kier alpha value is -2.54. The average Bonchev–Trinajstić information content (AvgIpc) is 3.06. The molecular weight excluding hydrogens is 347 g/mol. The number of hydrogen-bond acceptors (Lipinski definition) is 5. The molecule has 0 bridgehead atoms. The standard InChI is InChI=1S/C20H23FN4O2/c1-14-10-23-19(24-11-14)22-8-6-16-7-9-27-20(16)12-25(13-20)18(26)15-2-4-17(21)5-3-15/h2-5,10-11,16H,6-9,12-13H2,1H3,(H,22,23,24). The molecule has 1 atom stereocenters. The van der Waals surface area contributed by atoms with E-state index < -0.39 is 0 Å². The van der Waals surface area contributed by atoms with Crippen LogP contribution in [0.1, 0.15) is 28.8 Å². The Kier molecular flexibility index (Phi) is 4.78. The Labute approximate surface area is 157 Å². The Morgan fingerprint density at radius 1 is 1.30 bits per heavy atom. The second-order valence-corrected chi connectivity index (χ2v) is 7.37. The molecule has 0 saturated carbocycles. The van der Waals surface area contributed by atoms with Gasteiger partial charge in [-0.2, -0.15) is 0 Å². The van der Waals surface area contributed by atoms with Crippen LogP contribution in [0.2, 0.25) is 0 Å². The maximum atomic E-state index is 13.0. The quantitative estimate of drug-likeness (QED) is 0.876. The smallest absolute Gasteiger partial charge is 0.254 e. The minimum Gasteiger partial charge on any atom is -0.371 e. The van der Waals surface area contributed by atoms with Crippen molar-refractivity contribution in [3.63, 3.8) is 0 Å². The summed E-state index contributed by atoms with van der Waals surface area (Å²) in [7, 11) is 0. The lowest BCUT2D eigenvalue weighted by Crippen LogP contribution is -2.66. The van der Waals surface area contributed by atoms with Crippen molar-refractivity contribution in [2.75, 3.05) is 31.6 Å². The van der Waals surface area contributed by atoms with E-state index in [2.05, 4.69) is 15.3 Å².